The first-order chi connectivity index (χ1) is 8.86. The summed E-state index contributed by atoms with van der Waals surface area (Å²) in [5, 5.41) is 0. The third kappa shape index (κ3) is 2.46. The third-order valence-corrected chi connectivity index (χ3v) is 4.32. The molecule has 2 aliphatic rings. The lowest BCUT2D eigenvalue weighted by atomic mass is 10.2. The monoisotopic (exact) mass is 249 g/mol. The van der Waals surface area contributed by atoms with Crippen molar-refractivity contribution in [3.8, 4) is 0 Å². The lowest BCUT2D eigenvalue weighted by molar-refractivity contribution is 0.229. The minimum Gasteiger partial charge on any atom is -0.468 e. The van der Waals surface area contributed by atoms with Crippen molar-refractivity contribution in [2.24, 2.45) is 5.73 Å². The van der Waals surface area contributed by atoms with Crippen LogP contribution in [-0.2, 0) is 13.1 Å². The summed E-state index contributed by atoms with van der Waals surface area (Å²) in [6, 6.07) is 2.84. The molecule has 1 aromatic rings. The van der Waals surface area contributed by atoms with Crippen LogP contribution < -0.4 is 5.73 Å². The summed E-state index contributed by atoms with van der Waals surface area (Å²) in [5.41, 5.74) is 6.94. The van der Waals surface area contributed by atoms with Crippen molar-refractivity contribution in [3.05, 3.63) is 23.7 Å². The van der Waals surface area contributed by atoms with Gasteiger partial charge in [0, 0.05) is 31.2 Å². The quantitative estimate of drug-likeness (QED) is 0.876. The van der Waals surface area contributed by atoms with Crippen molar-refractivity contribution >= 4 is 0 Å². The van der Waals surface area contributed by atoms with Gasteiger partial charge >= 0.3 is 0 Å². The lowest BCUT2D eigenvalue weighted by Crippen LogP contribution is -2.35. The van der Waals surface area contributed by atoms with Crippen molar-refractivity contribution in [2.45, 2.75) is 38.4 Å². The molecule has 1 atom stereocenters. The molecule has 0 aliphatic carbocycles. The Labute approximate surface area is 109 Å². The molecule has 0 amide bonds. The van der Waals surface area contributed by atoms with E-state index in [4.69, 9.17) is 10.2 Å². The molecule has 0 radical (unpaired) electrons. The number of hydrogen-bond acceptors (Lipinski definition) is 4. The van der Waals surface area contributed by atoms with Crippen LogP contribution in [0.1, 0.15) is 30.6 Å². The van der Waals surface area contributed by atoms with E-state index in [-0.39, 0.29) is 0 Å². The standard InChI is InChI=1S/C14H23N3O/c15-9-14-12(4-8-18-14)10-16-7-3-13(11-16)17-5-1-2-6-17/h4,8,13H,1-3,5-7,9-11,15H2. The zero-order valence-electron chi connectivity index (χ0n) is 11.0. The Bertz CT molecular complexity index is 384. The number of nitrogens with zero attached hydrogens (tertiary/aromatic N) is 2. The molecular weight excluding hydrogens is 226 g/mol. The molecule has 0 saturated carbocycles. The average molecular weight is 249 g/mol. The van der Waals surface area contributed by atoms with E-state index in [2.05, 4.69) is 15.9 Å². The second-order valence-corrected chi connectivity index (χ2v) is 5.49. The van der Waals surface area contributed by atoms with E-state index >= 15 is 0 Å². The maximum Gasteiger partial charge on any atom is 0.121 e. The van der Waals surface area contributed by atoms with Gasteiger partial charge in [-0.15, -0.1) is 0 Å². The van der Waals surface area contributed by atoms with Crippen LogP contribution in [0.15, 0.2) is 16.7 Å². The molecule has 18 heavy (non-hydrogen) atoms. The summed E-state index contributed by atoms with van der Waals surface area (Å²) < 4.78 is 5.39. The maximum atomic E-state index is 5.68. The van der Waals surface area contributed by atoms with Crippen LogP contribution in [0.2, 0.25) is 0 Å². The molecular formula is C14H23N3O. The fourth-order valence-corrected chi connectivity index (χ4v) is 3.29. The first-order valence-corrected chi connectivity index (χ1v) is 7.08. The van der Waals surface area contributed by atoms with Gasteiger partial charge in [0.15, 0.2) is 0 Å². The van der Waals surface area contributed by atoms with Gasteiger partial charge in [-0.05, 0) is 38.4 Å². The molecule has 2 fully saturated rings. The molecule has 2 aliphatic heterocycles. The normalized spacial score (nSPS) is 26.2. The van der Waals surface area contributed by atoms with E-state index in [9.17, 15) is 0 Å². The molecule has 3 heterocycles. The van der Waals surface area contributed by atoms with Crippen LogP contribution in [0.5, 0.6) is 0 Å². The molecule has 0 bridgehead atoms. The second kappa shape index (κ2) is 5.43. The zero-order valence-corrected chi connectivity index (χ0v) is 11.0. The Kier molecular flexibility index (Phi) is 3.68. The summed E-state index contributed by atoms with van der Waals surface area (Å²) in [5.74, 6) is 0.944. The minimum absolute atomic E-state index is 0.506. The summed E-state index contributed by atoms with van der Waals surface area (Å²) >= 11 is 0. The third-order valence-electron chi connectivity index (χ3n) is 4.32. The van der Waals surface area contributed by atoms with E-state index in [1.807, 2.05) is 0 Å². The summed E-state index contributed by atoms with van der Waals surface area (Å²) in [6.07, 6.45) is 5.84. The molecule has 1 unspecified atom stereocenters. The van der Waals surface area contributed by atoms with Gasteiger partial charge in [0.2, 0.25) is 0 Å². The molecule has 4 nitrogen and oxygen atoms in total. The van der Waals surface area contributed by atoms with Gasteiger partial charge in [-0.25, -0.2) is 0 Å². The van der Waals surface area contributed by atoms with E-state index in [0.717, 1.165) is 18.3 Å². The Balaban J connectivity index is 1.55. The molecule has 4 heteroatoms. The molecule has 2 saturated heterocycles. The molecule has 2 N–H and O–H groups in total. The van der Waals surface area contributed by atoms with Gasteiger partial charge in [0.1, 0.15) is 5.76 Å². The summed E-state index contributed by atoms with van der Waals surface area (Å²) in [6.45, 7) is 6.52. The molecule has 0 spiro atoms. The fourth-order valence-electron chi connectivity index (χ4n) is 3.29. The predicted octanol–water partition coefficient (Wildman–Crippen LogP) is 1.41. The van der Waals surface area contributed by atoms with E-state index in [1.54, 1.807) is 6.26 Å². The first kappa shape index (κ1) is 12.2. The molecule has 100 valence electrons. The van der Waals surface area contributed by atoms with E-state index in [1.165, 1.54) is 51.0 Å². The van der Waals surface area contributed by atoms with Crippen molar-refractivity contribution < 1.29 is 4.42 Å². The van der Waals surface area contributed by atoms with Gasteiger partial charge in [-0.1, -0.05) is 0 Å². The van der Waals surface area contributed by atoms with Crippen LogP contribution in [0, 0.1) is 0 Å². The number of hydrogen-bond donors (Lipinski definition) is 1. The Morgan fingerprint density at radius 1 is 1.28 bits per heavy atom. The topological polar surface area (TPSA) is 45.6 Å². The highest BCUT2D eigenvalue weighted by Gasteiger charge is 2.29. The van der Waals surface area contributed by atoms with E-state index < -0.39 is 0 Å². The van der Waals surface area contributed by atoms with Gasteiger partial charge in [-0.3, -0.25) is 9.80 Å². The fraction of sp³-hybridized carbons (Fsp3) is 0.714. The second-order valence-electron chi connectivity index (χ2n) is 5.49. The largest absolute Gasteiger partial charge is 0.468 e. The van der Waals surface area contributed by atoms with Crippen LogP contribution in [0.3, 0.4) is 0 Å². The number of rotatable bonds is 4. The average Bonchev–Trinajstić information content (AvgIpc) is 3.10. The highest BCUT2D eigenvalue weighted by atomic mass is 16.3. The molecule has 0 aromatic carbocycles. The summed E-state index contributed by atoms with van der Waals surface area (Å²) in [7, 11) is 0. The SMILES string of the molecule is NCc1occc1CN1CCC(N2CCCC2)C1. The number of nitrogens with two attached hydrogens (primary N) is 1. The Morgan fingerprint density at radius 3 is 2.89 bits per heavy atom. The van der Waals surface area contributed by atoms with Crippen molar-refractivity contribution in [1.82, 2.24) is 9.80 Å². The number of furan rings is 1. The summed E-state index contributed by atoms with van der Waals surface area (Å²) in [4.78, 5) is 5.20. The van der Waals surface area contributed by atoms with Gasteiger partial charge in [0.25, 0.3) is 0 Å². The minimum atomic E-state index is 0.506. The van der Waals surface area contributed by atoms with Crippen molar-refractivity contribution in [3.63, 3.8) is 0 Å². The maximum absolute atomic E-state index is 5.68. The van der Waals surface area contributed by atoms with Gasteiger partial charge in [0.05, 0.1) is 12.8 Å². The van der Waals surface area contributed by atoms with Crippen LogP contribution in [0.25, 0.3) is 0 Å². The highest BCUT2D eigenvalue weighted by Crippen LogP contribution is 2.22. The van der Waals surface area contributed by atoms with Crippen LogP contribution in [0.4, 0.5) is 0 Å². The van der Waals surface area contributed by atoms with Gasteiger partial charge in [-0.2, -0.15) is 0 Å². The van der Waals surface area contributed by atoms with Gasteiger partial charge < -0.3 is 10.2 Å². The van der Waals surface area contributed by atoms with Crippen molar-refractivity contribution in [2.75, 3.05) is 26.2 Å². The van der Waals surface area contributed by atoms with E-state index in [0.29, 0.717) is 6.54 Å². The van der Waals surface area contributed by atoms with Crippen molar-refractivity contribution in [1.29, 1.82) is 0 Å². The predicted molar refractivity (Wildman–Crippen MR) is 71.1 cm³/mol. The Hall–Kier alpha value is -0.840. The number of likely N-dealkylation sites (tertiary alicyclic amines) is 2. The van der Waals surface area contributed by atoms with Crippen LogP contribution in [-0.4, -0.2) is 42.0 Å². The molecule has 1 aromatic heterocycles. The first-order valence-electron chi connectivity index (χ1n) is 7.08. The highest BCUT2D eigenvalue weighted by molar-refractivity contribution is 5.17. The zero-order chi connectivity index (χ0) is 12.4. The van der Waals surface area contributed by atoms with Crippen LogP contribution >= 0.6 is 0 Å². The smallest absolute Gasteiger partial charge is 0.121 e. The Morgan fingerprint density at radius 2 is 2.11 bits per heavy atom. The lowest BCUT2D eigenvalue weighted by Gasteiger charge is -2.23. The molecule has 3 rings (SSSR count).